The molecule has 1 N–H and O–H groups in total. The van der Waals surface area contributed by atoms with Crippen molar-refractivity contribution in [3.05, 3.63) is 71.9 Å². The molecule has 5 heterocycles. The summed E-state index contributed by atoms with van der Waals surface area (Å²) in [6.45, 7) is 20.1. The van der Waals surface area contributed by atoms with E-state index < -0.39 is 54.0 Å². The predicted molar refractivity (Wildman–Crippen MR) is 216 cm³/mol. The minimum absolute atomic E-state index is 0.00806. The lowest BCUT2D eigenvalue weighted by Gasteiger charge is -2.48. The minimum atomic E-state index is -1.91. The van der Waals surface area contributed by atoms with Gasteiger partial charge in [0.2, 0.25) is 0 Å². The Balaban J connectivity index is 1.40. The summed E-state index contributed by atoms with van der Waals surface area (Å²) in [5, 5.41) is 12.8. The topological polar surface area (TPSA) is 137 Å². The molecule has 0 aromatic heterocycles. The van der Waals surface area contributed by atoms with Gasteiger partial charge in [-0.2, -0.15) is 0 Å². The summed E-state index contributed by atoms with van der Waals surface area (Å²) in [6, 6.07) is 0. The quantitative estimate of drug-likeness (QED) is 0.192. The Morgan fingerprint density at radius 2 is 1.84 bits per heavy atom. The smallest absolute Gasteiger partial charge is 0.462 e. The lowest BCUT2D eigenvalue weighted by atomic mass is 9.70. The van der Waals surface area contributed by atoms with Gasteiger partial charge in [0.15, 0.2) is 18.2 Å². The molecule has 58 heavy (non-hydrogen) atoms. The molecule has 5 aliphatic heterocycles. The van der Waals surface area contributed by atoms with Crippen LogP contribution in [0.1, 0.15) is 87.5 Å². The van der Waals surface area contributed by atoms with E-state index in [9.17, 15) is 14.7 Å². The number of hydrogen-bond acceptors (Lipinski definition) is 12. The van der Waals surface area contributed by atoms with E-state index in [-0.39, 0.29) is 73.8 Å². The second kappa shape index (κ2) is 18.7. The first kappa shape index (κ1) is 44.5. The van der Waals surface area contributed by atoms with Crippen LogP contribution in [0.5, 0.6) is 0 Å². The molecule has 12 unspecified atom stereocenters. The standard InChI is InChI=1S/C46H66O12/c1-11-20-51-44(48)56-41-30(7)21-36-43(47)54-35-22-34(57-45(24-35)19-18-29(6)40(58-45)26(3)12-2)17-16-28(5)39(55-38-23-37(50-10)31(8)32(9)53-38)27(4)14-13-15-33-25-52-42(41)46(33,36)49/h11,13-16,18-19,21,26-27,29,31-32,34-42,49H,1,12,17,20,22-25H2,2-10H3/b14-13+,28-16+,33-15+/t26?,27-,29-,31?,32?,34?,35?,36?,37?,38-,39?,40?,41?,42?,45?,46+/m0/s1. The van der Waals surface area contributed by atoms with Gasteiger partial charge in [0.05, 0.1) is 37.1 Å². The van der Waals surface area contributed by atoms with E-state index in [2.05, 4.69) is 60.3 Å². The fourth-order valence-electron chi connectivity index (χ4n) is 9.47. The average Bonchev–Trinajstić information content (AvgIpc) is 3.53. The molecule has 6 rings (SSSR count). The number of rotatable bonds is 8. The molecule has 0 aromatic rings. The van der Waals surface area contributed by atoms with Crippen molar-refractivity contribution in [2.45, 2.75) is 154 Å². The number of aliphatic hydroxyl groups is 1. The molecule has 1 spiro atoms. The zero-order valence-corrected chi connectivity index (χ0v) is 35.8. The molecule has 12 nitrogen and oxygen atoms in total. The third-order valence-corrected chi connectivity index (χ3v) is 13.2. The van der Waals surface area contributed by atoms with Gasteiger partial charge in [-0.25, -0.2) is 4.79 Å². The maximum absolute atomic E-state index is 14.5. The fourth-order valence-corrected chi connectivity index (χ4v) is 9.47. The van der Waals surface area contributed by atoms with Gasteiger partial charge in [0.1, 0.15) is 30.3 Å². The van der Waals surface area contributed by atoms with E-state index in [1.807, 2.05) is 25.2 Å². The van der Waals surface area contributed by atoms with Crippen molar-refractivity contribution in [2.75, 3.05) is 20.3 Å². The van der Waals surface area contributed by atoms with Crippen LogP contribution in [0.3, 0.4) is 0 Å². The molecule has 0 aromatic carbocycles. The van der Waals surface area contributed by atoms with E-state index in [0.29, 0.717) is 30.4 Å². The Hall–Kier alpha value is -3.10. The van der Waals surface area contributed by atoms with E-state index in [1.54, 1.807) is 26.2 Å². The van der Waals surface area contributed by atoms with Crippen LogP contribution in [-0.4, -0.2) is 104 Å². The van der Waals surface area contributed by atoms with E-state index >= 15 is 0 Å². The minimum Gasteiger partial charge on any atom is -0.462 e. The SMILES string of the molecule is C=CCOC(=O)OC1C(C)=CC2C(=O)OC3CC(C/C=C(\C)C(O[C@H]4CC(OC)C(C)C(C)O4)[C@@H](C)/C=C/C=C4\COC1[C@@]42O)OC1(C=C[C@H](C)C(C(C)CC)O1)C3. The number of methoxy groups -OCH3 is 1. The van der Waals surface area contributed by atoms with Crippen LogP contribution in [0.2, 0.25) is 0 Å². The van der Waals surface area contributed by atoms with Crippen molar-refractivity contribution in [1.82, 2.24) is 0 Å². The number of ether oxygens (including phenoxy) is 9. The van der Waals surface area contributed by atoms with Gasteiger partial charge in [-0.05, 0) is 55.9 Å². The molecule has 16 atom stereocenters. The van der Waals surface area contributed by atoms with E-state index in [1.165, 1.54) is 6.08 Å². The third-order valence-electron chi connectivity index (χ3n) is 13.2. The van der Waals surface area contributed by atoms with Crippen LogP contribution in [0, 0.1) is 29.6 Å². The van der Waals surface area contributed by atoms with Crippen molar-refractivity contribution in [2.24, 2.45) is 29.6 Å². The maximum atomic E-state index is 14.5. The van der Waals surface area contributed by atoms with Crippen LogP contribution in [0.15, 0.2) is 71.9 Å². The van der Waals surface area contributed by atoms with Gasteiger partial charge in [0, 0.05) is 44.1 Å². The summed E-state index contributed by atoms with van der Waals surface area (Å²) in [4.78, 5) is 27.2. The molecular formula is C46H66O12. The maximum Gasteiger partial charge on any atom is 0.509 e. The lowest BCUT2D eigenvalue weighted by molar-refractivity contribution is -0.300. The average molecular weight is 811 g/mol. The lowest BCUT2D eigenvalue weighted by Crippen LogP contribution is -2.59. The zero-order valence-electron chi connectivity index (χ0n) is 35.8. The molecule has 322 valence electrons. The second-order valence-corrected chi connectivity index (χ2v) is 17.4. The summed E-state index contributed by atoms with van der Waals surface area (Å²) >= 11 is 0. The van der Waals surface area contributed by atoms with Crippen molar-refractivity contribution in [1.29, 1.82) is 0 Å². The van der Waals surface area contributed by atoms with Crippen molar-refractivity contribution in [3.8, 4) is 0 Å². The first-order valence-corrected chi connectivity index (χ1v) is 21.2. The number of hydrogen-bond donors (Lipinski definition) is 1. The highest BCUT2D eigenvalue weighted by Gasteiger charge is 2.61. The third kappa shape index (κ3) is 9.28. The number of esters is 1. The Bertz CT molecular complexity index is 1650. The van der Waals surface area contributed by atoms with Crippen LogP contribution >= 0.6 is 0 Å². The Morgan fingerprint density at radius 3 is 2.57 bits per heavy atom. The van der Waals surface area contributed by atoms with Crippen molar-refractivity contribution in [3.63, 3.8) is 0 Å². The second-order valence-electron chi connectivity index (χ2n) is 17.4. The summed E-state index contributed by atoms with van der Waals surface area (Å²) in [6.07, 6.45) is 12.7. The monoisotopic (exact) mass is 810 g/mol. The highest BCUT2D eigenvalue weighted by Crippen LogP contribution is 2.48. The van der Waals surface area contributed by atoms with E-state index in [4.69, 9.17) is 42.6 Å². The van der Waals surface area contributed by atoms with Gasteiger partial charge in [-0.1, -0.05) is 90.2 Å². The van der Waals surface area contributed by atoms with Gasteiger partial charge >= 0.3 is 12.1 Å². The van der Waals surface area contributed by atoms with Gasteiger partial charge in [-0.3, -0.25) is 4.79 Å². The number of carbonyl (C=O) groups is 2. The first-order chi connectivity index (χ1) is 27.6. The van der Waals surface area contributed by atoms with Crippen LogP contribution in [-0.2, 0) is 47.4 Å². The highest BCUT2D eigenvalue weighted by molar-refractivity contribution is 5.79. The largest absolute Gasteiger partial charge is 0.509 e. The molecule has 12 heteroatoms. The molecule has 0 saturated carbocycles. The Morgan fingerprint density at radius 1 is 1.07 bits per heavy atom. The van der Waals surface area contributed by atoms with Crippen LogP contribution in [0.4, 0.5) is 4.79 Å². The number of carbonyl (C=O) groups excluding carboxylic acids is 2. The summed E-state index contributed by atoms with van der Waals surface area (Å²) in [5.74, 6) is -2.38. The van der Waals surface area contributed by atoms with Crippen LogP contribution < -0.4 is 0 Å². The van der Waals surface area contributed by atoms with Crippen molar-refractivity contribution < 1.29 is 57.3 Å². The summed E-state index contributed by atoms with van der Waals surface area (Å²) < 4.78 is 56.3. The van der Waals surface area contributed by atoms with Gasteiger partial charge in [0.25, 0.3) is 0 Å². The first-order valence-electron chi connectivity index (χ1n) is 21.2. The number of allylic oxidation sites excluding steroid dienone is 2. The molecule has 2 bridgehead atoms. The molecule has 3 saturated heterocycles. The van der Waals surface area contributed by atoms with Gasteiger partial charge in [-0.15, -0.1) is 0 Å². The fraction of sp³-hybridized carbons (Fsp3) is 0.696. The highest BCUT2D eigenvalue weighted by atomic mass is 16.7. The molecular weight excluding hydrogens is 744 g/mol. The molecule has 1 aliphatic carbocycles. The summed E-state index contributed by atoms with van der Waals surface area (Å²) in [7, 11) is 1.73. The summed E-state index contributed by atoms with van der Waals surface area (Å²) in [5.41, 5.74) is 0.0720. The zero-order chi connectivity index (χ0) is 41.9. The van der Waals surface area contributed by atoms with Crippen LogP contribution in [0.25, 0.3) is 0 Å². The molecule has 3 fully saturated rings. The number of fused-ring (bicyclic) bond motifs is 2. The van der Waals surface area contributed by atoms with Crippen molar-refractivity contribution >= 4 is 12.1 Å². The normalized spacial score (nSPS) is 44.7. The predicted octanol–water partition coefficient (Wildman–Crippen LogP) is 7.46. The van der Waals surface area contributed by atoms with E-state index in [0.717, 1.165) is 12.0 Å². The van der Waals surface area contributed by atoms with Gasteiger partial charge < -0.3 is 47.7 Å². The molecule has 6 aliphatic rings. The molecule has 0 radical (unpaired) electrons. The molecule has 0 amide bonds. The Labute approximate surface area is 344 Å². The Kier molecular flexibility index (Phi) is 14.3.